The first-order chi connectivity index (χ1) is 11.1. The fourth-order valence-corrected chi connectivity index (χ4v) is 3.31. The summed E-state index contributed by atoms with van der Waals surface area (Å²) in [5.41, 5.74) is 0.586. The lowest BCUT2D eigenvalue weighted by Crippen LogP contribution is -2.22. The van der Waals surface area contributed by atoms with Crippen molar-refractivity contribution in [3.8, 4) is 0 Å². The molecule has 6 heteroatoms. The molecule has 0 spiro atoms. The fourth-order valence-electron chi connectivity index (χ4n) is 2.02. The van der Waals surface area contributed by atoms with Crippen molar-refractivity contribution in [1.29, 1.82) is 0 Å². The highest BCUT2D eigenvalue weighted by Crippen LogP contribution is 2.20. The molecule has 0 atom stereocenters. The topological polar surface area (TPSA) is 59.3 Å². The normalized spacial score (nSPS) is 10.5. The zero-order valence-electron chi connectivity index (χ0n) is 11.9. The Kier molecular flexibility index (Phi) is 4.73. The molecule has 23 heavy (non-hydrogen) atoms. The van der Waals surface area contributed by atoms with E-state index in [-0.39, 0.29) is 11.7 Å². The standard InChI is InChI=1S/C17H12BrNO3S/c18-12-4-1-3-11(9-12)17(21)19-10-13-6-7-15(23-13)16(20)14-5-2-8-22-14/h1-9H,10H2,(H,19,21). The van der Waals surface area contributed by atoms with Crippen molar-refractivity contribution in [2.75, 3.05) is 0 Å². The predicted octanol–water partition coefficient (Wildman–Crippen LogP) is 4.26. The molecule has 0 aliphatic heterocycles. The molecule has 0 bridgehead atoms. The Morgan fingerprint density at radius 2 is 2.00 bits per heavy atom. The van der Waals surface area contributed by atoms with Gasteiger partial charge in [-0.3, -0.25) is 9.59 Å². The summed E-state index contributed by atoms with van der Waals surface area (Å²) >= 11 is 4.69. The van der Waals surface area contributed by atoms with Gasteiger partial charge in [-0.05, 0) is 42.5 Å². The van der Waals surface area contributed by atoms with Gasteiger partial charge in [-0.15, -0.1) is 11.3 Å². The van der Waals surface area contributed by atoms with Crippen LogP contribution in [0.4, 0.5) is 0 Å². The van der Waals surface area contributed by atoms with Crippen LogP contribution in [0.1, 0.15) is 30.7 Å². The zero-order chi connectivity index (χ0) is 16.2. The Morgan fingerprint density at radius 3 is 2.74 bits per heavy atom. The van der Waals surface area contributed by atoms with Crippen molar-refractivity contribution in [1.82, 2.24) is 5.32 Å². The Labute approximate surface area is 145 Å². The lowest BCUT2D eigenvalue weighted by atomic mass is 10.2. The molecule has 1 amide bonds. The third-order valence-electron chi connectivity index (χ3n) is 3.14. The molecule has 2 aromatic heterocycles. The third-order valence-corrected chi connectivity index (χ3v) is 4.72. The van der Waals surface area contributed by atoms with Crippen LogP contribution in [0.25, 0.3) is 0 Å². The highest BCUT2D eigenvalue weighted by Gasteiger charge is 2.14. The largest absolute Gasteiger partial charge is 0.461 e. The number of furan rings is 1. The monoisotopic (exact) mass is 389 g/mol. The van der Waals surface area contributed by atoms with E-state index in [4.69, 9.17) is 4.42 Å². The Morgan fingerprint density at radius 1 is 1.13 bits per heavy atom. The molecule has 0 saturated heterocycles. The molecule has 0 saturated carbocycles. The van der Waals surface area contributed by atoms with Crippen LogP contribution in [0.3, 0.4) is 0 Å². The van der Waals surface area contributed by atoms with E-state index in [0.717, 1.165) is 9.35 Å². The molecule has 1 aromatic carbocycles. The second-order valence-corrected chi connectivity index (χ2v) is 6.85. The average Bonchev–Trinajstić information content (AvgIpc) is 3.23. The van der Waals surface area contributed by atoms with Crippen LogP contribution in [0.2, 0.25) is 0 Å². The van der Waals surface area contributed by atoms with Gasteiger partial charge in [0.25, 0.3) is 5.91 Å². The minimum Gasteiger partial charge on any atom is -0.461 e. The summed E-state index contributed by atoms with van der Waals surface area (Å²) in [5, 5.41) is 2.85. The van der Waals surface area contributed by atoms with Crippen molar-refractivity contribution in [3.63, 3.8) is 0 Å². The van der Waals surface area contributed by atoms with Crippen molar-refractivity contribution >= 4 is 39.0 Å². The van der Waals surface area contributed by atoms with E-state index >= 15 is 0 Å². The number of carbonyl (C=O) groups is 2. The van der Waals surface area contributed by atoms with Gasteiger partial charge in [0.05, 0.1) is 17.7 Å². The molecule has 3 aromatic rings. The molecule has 0 fully saturated rings. The van der Waals surface area contributed by atoms with Crippen LogP contribution in [-0.4, -0.2) is 11.7 Å². The SMILES string of the molecule is O=C(NCc1ccc(C(=O)c2ccco2)s1)c1cccc(Br)c1. The lowest BCUT2D eigenvalue weighted by molar-refractivity contribution is 0.0950. The summed E-state index contributed by atoms with van der Waals surface area (Å²) in [7, 11) is 0. The Balaban J connectivity index is 1.63. The predicted molar refractivity (Wildman–Crippen MR) is 91.8 cm³/mol. The van der Waals surface area contributed by atoms with E-state index in [9.17, 15) is 9.59 Å². The van der Waals surface area contributed by atoms with Crippen LogP contribution in [0, 0.1) is 0 Å². The van der Waals surface area contributed by atoms with Crippen molar-refractivity contribution < 1.29 is 14.0 Å². The maximum absolute atomic E-state index is 12.1. The van der Waals surface area contributed by atoms with Crippen LogP contribution < -0.4 is 5.32 Å². The molecule has 2 heterocycles. The Hall–Kier alpha value is -2.18. The minimum absolute atomic E-state index is 0.149. The summed E-state index contributed by atoms with van der Waals surface area (Å²) in [6, 6.07) is 14.1. The number of hydrogen-bond donors (Lipinski definition) is 1. The first-order valence-electron chi connectivity index (χ1n) is 6.84. The average molecular weight is 390 g/mol. The number of hydrogen-bond acceptors (Lipinski definition) is 4. The second-order valence-electron chi connectivity index (χ2n) is 4.77. The highest BCUT2D eigenvalue weighted by molar-refractivity contribution is 9.10. The number of halogens is 1. The number of nitrogens with one attached hydrogen (secondary N) is 1. The maximum Gasteiger partial charge on any atom is 0.251 e. The van der Waals surface area contributed by atoms with Gasteiger partial charge in [0.1, 0.15) is 0 Å². The van der Waals surface area contributed by atoms with E-state index in [1.807, 2.05) is 18.2 Å². The molecule has 1 N–H and O–H groups in total. The number of amides is 1. The van der Waals surface area contributed by atoms with E-state index in [1.54, 1.807) is 30.3 Å². The third kappa shape index (κ3) is 3.78. The molecule has 4 nitrogen and oxygen atoms in total. The number of rotatable bonds is 5. The summed E-state index contributed by atoms with van der Waals surface area (Å²) < 4.78 is 5.96. The van der Waals surface area contributed by atoms with Gasteiger partial charge < -0.3 is 9.73 Å². The zero-order valence-corrected chi connectivity index (χ0v) is 14.3. The van der Waals surface area contributed by atoms with Crippen LogP contribution in [0.5, 0.6) is 0 Å². The minimum atomic E-state index is -0.154. The van der Waals surface area contributed by atoms with Crippen molar-refractivity contribution in [2.45, 2.75) is 6.54 Å². The molecule has 0 radical (unpaired) electrons. The number of thiophene rings is 1. The van der Waals surface area contributed by atoms with Gasteiger partial charge in [0.15, 0.2) is 5.76 Å². The summed E-state index contributed by atoms with van der Waals surface area (Å²) in [6.07, 6.45) is 1.47. The van der Waals surface area contributed by atoms with Gasteiger partial charge in [-0.1, -0.05) is 22.0 Å². The maximum atomic E-state index is 12.1. The quantitative estimate of drug-likeness (QED) is 0.663. The summed E-state index contributed by atoms with van der Waals surface area (Å²) in [4.78, 5) is 25.7. The van der Waals surface area contributed by atoms with Crippen molar-refractivity contribution in [3.05, 3.63) is 80.3 Å². The van der Waals surface area contributed by atoms with Gasteiger partial charge in [0.2, 0.25) is 5.78 Å². The van der Waals surface area contributed by atoms with Crippen LogP contribution in [0.15, 0.2) is 63.7 Å². The van der Waals surface area contributed by atoms with Crippen molar-refractivity contribution in [2.24, 2.45) is 0 Å². The molecular formula is C17H12BrNO3S. The smallest absolute Gasteiger partial charge is 0.251 e. The molecular weight excluding hydrogens is 378 g/mol. The van der Waals surface area contributed by atoms with E-state index < -0.39 is 0 Å². The summed E-state index contributed by atoms with van der Waals surface area (Å²) in [6.45, 7) is 0.376. The van der Waals surface area contributed by atoms with E-state index in [1.165, 1.54) is 17.6 Å². The van der Waals surface area contributed by atoms with E-state index in [0.29, 0.717) is 22.7 Å². The molecule has 0 aliphatic carbocycles. The fraction of sp³-hybridized carbons (Fsp3) is 0.0588. The number of benzene rings is 1. The van der Waals surface area contributed by atoms with Crippen LogP contribution >= 0.6 is 27.3 Å². The van der Waals surface area contributed by atoms with Gasteiger partial charge >= 0.3 is 0 Å². The first kappa shape index (κ1) is 15.7. The second kappa shape index (κ2) is 6.93. The van der Waals surface area contributed by atoms with E-state index in [2.05, 4.69) is 21.2 Å². The van der Waals surface area contributed by atoms with Gasteiger partial charge in [0, 0.05) is 14.9 Å². The Bertz CT molecular complexity index is 839. The first-order valence-corrected chi connectivity index (χ1v) is 8.45. The summed E-state index contributed by atoms with van der Waals surface area (Å²) in [5.74, 6) is 0.0137. The number of ketones is 1. The highest BCUT2D eigenvalue weighted by atomic mass is 79.9. The molecule has 116 valence electrons. The molecule has 3 rings (SSSR count). The van der Waals surface area contributed by atoms with Gasteiger partial charge in [-0.2, -0.15) is 0 Å². The van der Waals surface area contributed by atoms with Crippen LogP contribution in [-0.2, 0) is 6.54 Å². The van der Waals surface area contributed by atoms with Gasteiger partial charge in [-0.25, -0.2) is 0 Å². The number of carbonyl (C=O) groups excluding carboxylic acids is 2. The lowest BCUT2D eigenvalue weighted by Gasteiger charge is -2.04. The molecule has 0 unspecified atom stereocenters. The molecule has 0 aliphatic rings.